The zero-order chi connectivity index (χ0) is 54.1. The number of rotatable bonds is 26. The Morgan fingerprint density at radius 2 is 1.40 bits per heavy atom. The number of aliphatic hydroxyl groups excluding tert-OH is 1. The summed E-state index contributed by atoms with van der Waals surface area (Å²) in [5.41, 5.74) is 7.33. The molecule has 7 amide bonds. The molecule has 72 heavy (non-hydrogen) atoms. The minimum atomic E-state index is -1.02. The van der Waals surface area contributed by atoms with Crippen LogP contribution in [0.2, 0.25) is 0 Å². The van der Waals surface area contributed by atoms with Crippen LogP contribution in [-0.4, -0.2) is 151 Å². The molecule has 7 N–H and O–H groups in total. The van der Waals surface area contributed by atoms with Crippen molar-refractivity contribution in [2.24, 2.45) is 29.4 Å². The third-order valence-electron chi connectivity index (χ3n) is 13.8. The minimum Gasteiger partial charge on any atom is -0.445 e. The quantitative estimate of drug-likeness (QED) is 0.0769. The number of nitrogens with zero attached hydrogens (tertiary/aromatic N) is 3. The van der Waals surface area contributed by atoms with E-state index in [0.717, 1.165) is 0 Å². The van der Waals surface area contributed by atoms with Crippen LogP contribution in [0.1, 0.15) is 112 Å². The standard InChI is InChI=1S/C53H84N8O11/c1-15-32(6)45(41(70-13)28-42(62)61-27-19-22-40(61)47(71-14)33(7)48(64)55-35(9)46(63)38-20-17-16-18-21-38)59(11)52(68)43(30(2)3)58-51(67)44(31(4)5)60(12)53(69)72-29-37-23-25-39(26-24-37)57-50(66)36(10)56-49(65)34(8)54/h16-18,20-21,23-26,30-36,40-41,43-47,63H,15,19,22,27-29,54H2,1-14H3,(H,55,64)(H,56,65)(H,57,66)(H,58,67)/t32-,33+,34-,35+,36-,40-,41+,43-,44-,45-,46+,47+/m0/s1. The molecule has 1 aliphatic heterocycles. The Morgan fingerprint density at radius 3 is 1.94 bits per heavy atom. The maximum Gasteiger partial charge on any atom is 0.410 e. The Kier molecular flexibility index (Phi) is 24.1. The van der Waals surface area contributed by atoms with E-state index < -0.39 is 90.3 Å². The highest BCUT2D eigenvalue weighted by Crippen LogP contribution is 2.30. The number of carbonyl (C=O) groups excluding carboxylic acids is 7. The second-order valence-electron chi connectivity index (χ2n) is 20.0. The largest absolute Gasteiger partial charge is 0.445 e. The number of likely N-dealkylation sites (N-methyl/N-ethyl adjacent to an activating group) is 2. The van der Waals surface area contributed by atoms with Gasteiger partial charge in [-0.05, 0) is 74.6 Å². The maximum atomic E-state index is 14.6. The summed E-state index contributed by atoms with van der Waals surface area (Å²) in [6.07, 6.45) is -1.16. The molecule has 1 saturated heterocycles. The summed E-state index contributed by atoms with van der Waals surface area (Å²) in [6.45, 7) is 18.1. The summed E-state index contributed by atoms with van der Waals surface area (Å²) in [4.78, 5) is 99.2. The topological polar surface area (TPSA) is 251 Å². The molecular formula is C53H84N8O11. The second-order valence-corrected chi connectivity index (χ2v) is 20.0. The van der Waals surface area contributed by atoms with Gasteiger partial charge in [-0.15, -0.1) is 0 Å². The van der Waals surface area contributed by atoms with Crippen molar-refractivity contribution in [1.29, 1.82) is 0 Å². The molecule has 1 heterocycles. The number of carbonyl (C=O) groups is 7. The second kappa shape index (κ2) is 28.6. The summed E-state index contributed by atoms with van der Waals surface area (Å²) in [5.74, 6) is -3.91. The number of amides is 7. The van der Waals surface area contributed by atoms with Gasteiger partial charge in [0.05, 0.1) is 54.8 Å². The van der Waals surface area contributed by atoms with Crippen LogP contribution in [0.15, 0.2) is 54.6 Å². The number of nitrogens with two attached hydrogens (primary N) is 1. The molecule has 0 saturated carbocycles. The van der Waals surface area contributed by atoms with Gasteiger partial charge in [0.2, 0.25) is 35.4 Å². The van der Waals surface area contributed by atoms with Crippen LogP contribution in [0.3, 0.4) is 0 Å². The van der Waals surface area contributed by atoms with Gasteiger partial charge < -0.3 is 56.1 Å². The van der Waals surface area contributed by atoms with Crippen LogP contribution in [0, 0.1) is 23.7 Å². The van der Waals surface area contributed by atoms with E-state index in [-0.39, 0.29) is 48.5 Å². The first-order valence-corrected chi connectivity index (χ1v) is 25.2. The Morgan fingerprint density at radius 1 is 0.778 bits per heavy atom. The van der Waals surface area contributed by atoms with Crippen LogP contribution >= 0.6 is 0 Å². The van der Waals surface area contributed by atoms with Crippen molar-refractivity contribution in [2.75, 3.05) is 40.2 Å². The first-order valence-electron chi connectivity index (χ1n) is 25.2. The normalized spacial score (nSPS) is 18.2. The average molecular weight is 1010 g/mol. The van der Waals surface area contributed by atoms with Crippen LogP contribution in [-0.2, 0) is 49.6 Å². The van der Waals surface area contributed by atoms with E-state index in [0.29, 0.717) is 42.6 Å². The fraction of sp³-hybridized carbons (Fsp3) is 0.642. The van der Waals surface area contributed by atoms with Crippen molar-refractivity contribution in [3.05, 3.63) is 65.7 Å². The fourth-order valence-electron chi connectivity index (χ4n) is 9.28. The molecule has 1 aliphatic rings. The van der Waals surface area contributed by atoms with Crippen molar-refractivity contribution in [1.82, 2.24) is 30.7 Å². The number of benzene rings is 2. The Bertz CT molecular complexity index is 2090. The molecule has 0 bridgehead atoms. The summed E-state index contributed by atoms with van der Waals surface area (Å²) in [5, 5.41) is 22.0. The predicted octanol–water partition coefficient (Wildman–Crippen LogP) is 4.37. The lowest BCUT2D eigenvalue weighted by Gasteiger charge is -2.41. The molecule has 2 aromatic rings. The van der Waals surface area contributed by atoms with Gasteiger partial charge in [0.25, 0.3) is 0 Å². The van der Waals surface area contributed by atoms with Crippen molar-refractivity contribution in [3.63, 3.8) is 0 Å². The third-order valence-corrected chi connectivity index (χ3v) is 13.8. The van der Waals surface area contributed by atoms with Gasteiger partial charge in [-0.2, -0.15) is 0 Å². The zero-order valence-electron chi connectivity index (χ0n) is 45.0. The molecule has 0 aliphatic carbocycles. The number of anilines is 1. The fourth-order valence-corrected chi connectivity index (χ4v) is 9.28. The number of ether oxygens (including phenoxy) is 3. The molecule has 402 valence electrons. The SMILES string of the molecule is CC[C@H](C)[C@@H]([C@@H](CC(=O)N1CCC[C@H]1[C@H](OC)[C@@H](C)C(=O)N[C@H](C)[C@@H](O)c1ccccc1)OC)N(C)C(=O)[C@@H](NC(=O)[C@H](C(C)C)N(C)C(=O)OCc1ccc(NC(=O)[C@H](C)NC(=O)[C@H](C)N)cc1)C(C)C. The van der Waals surface area contributed by atoms with Gasteiger partial charge >= 0.3 is 6.09 Å². The molecule has 0 aromatic heterocycles. The molecular weight excluding hydrogens is 925 g/mol. The Balaban J connectivity index is 1.70. The van der Waals surface area contributed by atoms with Gasteiger partial charge in [-0.25, -0.2) is 4.79 Å². The van der Waals surface area contributed by atoms with E-state index in [2.05, 4.69) is 21.3 Å². The van der Waals surface area contributed by atoms with Crippen LogP contribution < -0.4 is 27.0 Å². The number of aliphatic hydroxyl groups is 1. The molecule has 19 nitrogen and oxygen atoms in total. The lowest BCUT2D eigenvalue weighted by Crippen LogP contribution is -2.60. The Labute approximate surface area is 427 Å². The third kappa shape index (κ3) is 16.4. The maximum absolute atomic E-state index is 14.6. The average Bonchev–Trinajstić information content (AvgIpc) is 3.84. The van der Waals surface area contributed by atoms with E-state index in [4.69, 9.17) is 19.9 Å². The summed E-state index contributed by atoms with van der Waals surface area (Å²) >= 11 is 0. The highest BCUT2D eigenvalue weighted by Gasteiger charge is 2.44. The molecule has 0 unspecified atom stereocenters. The van der Waals surface area contributed by atoms with Gasteiger partial charge in [0.15, 0.2) is 0 Å². The number of hydrogen-bond acceptors (Lipinski definition) is 12. The zero-order valence-corrected chi connectivity index (χ0v) is 45.0. The van der Waals surface area contributed by atoms with Crippen LogP contribution in [0.4, 0.5) is 10.5 Å². The number of methoxy groups -OCH3 is 2. The van der Waals surface area contributed by atoms with Crippen molar-refractivity contribution < 1.29 is 52.9 Å². The molecule has 19 heteroatoms. The summed E-state index contributed by atoms with van der Waals surface area (Å²) < 4.78 is 17.6. The molecule has 3 rings (SSSR count). The lowest BCUT2D eigenvalue weighted by molar-refractivity contribution is -0.148. The van der Waals surface area contributed by atoms with Gasteiger partial charge in [0.1, 0.15) is 24.7 Å². The van der Waals surface area contributed by atoms with Gasteiger partial charge in [0, 0.05) is 40.5 Å². The first kappa shape index (κ1) is 60.7. The Hall–Kier alpha value is -5.63. The smallest absolute Gasteiger partial charge is 0.410 e. The van der Waals surface area contributed by atoms with Gasteiger partial charge in [-0.1, -0.05) is 97.4 Å². The summed E-state index contributed by atoms with van der Waals surface area (Å²) in [6, 6.07) is 10.5. The van der Waals surface area contributed by atoms with E-state index in [1.807, 2.05) is 45.9 Å². The number of likely N-dealkylation sites (tertiary alicyclic amines) is 1. The summed E-state index contributed by atoms with van der Waals surface area (Å²) in [7, 11) is 6.15. The van der Waals surface area contributed by atoms with Gasteiger partial charge in [-0.3, -0.25) is 33.7 Å². The van der Waals surface area contributed by atoms with Crippen molar-refractivity contribution >= 4 is 47.2 Å². The highest BCUT2D eigenvalue weighted by atomic mass is 16.6. The molecule has 0 radical (unpaired) electrons. The molecule has 12 atom stereocenters. The van der Waals surface area contributed by atoms with Crippen molar-refractivity contribution in [3.8, 4) is 0 Å². The molecule has 2 aromatic carbocycles. The predicted molar refractivity (Wildman–Crippen MR) is 275 cm³/mol. The van der Waals surface area contributed by atoms with Crippen LogP contribution in [0.25, 0.3) is 0 Å². The minimum absolute atomic E-state index is 0.0616. The number of nitrogens with one attached hydrogen (secondary N) is 4. The van der Waals surface area contributed by atoms with E-state index in [1.165, 1.54) is 40.0 Å². The number of hydrogen-bond donors (Lipinski definition) is 6. The van der Waals surface area contributed by atoms with E-state index in [1.54, 1.807) is 80.9 Å². The molecule has 0 spiro atoms. The van der Waals surface area contributed by atoms with E-state index in [9.17, 15) is 38.7 Å². The first-order chi connectivity index (χ1) is 33.9. The van der Waals surface area contributed by atoms with Crippen LogP contribution in [0.5, 0.6) is 0 Å². The van der Waals surface area contributed by atoms with Crippen molar-refractivity contribution in [2.45, 2.75) is 162 Å². The van der Waals surface area contributed by atoms with E-state index >= 15 is 0 Å². The molecule has 1 fully saturated rings. The lowest BCUT2D eigenvalue weighted by atomic mass is 9.89. The monoisotopic (exact) mass is 1010 g/mol. The highest BCUT2D eigenvalue weighted by molar-refractivity contribution is 5.97.